The standard InChI is InChI=1S/C12H24O/c1-10(8-9-11(2)13)12-6-4-3-5-7-12/h10-13H,3-9H2,1-2H3/t10?,11-/m1/s1. The van der Waals surface area contributed by atoms with E-state index in [4.69, 9.17) is 0 Å². The van der Waals surface area contributed by atoms with Crippen molar-refractivity contribution in [2.75, 3.05) is 0 Å². The smallest absolute Gasteiger partial charge is 0.0512 e. The summed E-state index contributed by atoms with van der Waals surface area (Å²) in [6.45, 7) is 4.26. The minimum Gasteiger partial charge on any atom is -0.393 e. The normalized spacial score (nSPS) is 24.2. The summed E-state index contributed by atoms with van der Waals surface area (Å²) in [5, 5.41) is 9.20. The zero-order valence-electron chi connectivity index (χ0n) is 9.13. The monoisotopic (exact) mass is 184 g/mol. The predicted molar refractivity (Wildman–Crippen MR) is 56.7 cm³/mol. The van der Waals surface area contributed by atoms with Crippen LogP contribution in [-0.4, -0.2) is 11.2 Å². The molecule has 2 atom stereocenters. The van der Waals surface area contributed by atoms with Crippen molar-refractivity contribution in [3.63, 3.8) is 0 Å². The summed E-state index contributed by atoms with van der Waals surface area (Å²) in [5.74, 6) is 1.78. The van der Waals surface area contributed by atoms with Gasteiger partial charge in [0.2, 0.25) is 0 Å². The second kappa shape index (κ2) is 5.64. The highest BCUT2D eigenvalue weighted by atomic mass is 16.3. The Balaban J connectivity index is 2.17. The van der Waals surface area contributed by atoms with Gasteiger partial charge >= 0.3 is 0 Å². The van der Waals surface area contributed by atoms with E-state index in [2.05, 4.69) is 6.92 Å². The van der Waals surface area contributed by atoms with Gasteiger partial charge in [-0.1, -0.05) is 39.0 Å². The molecule has 0 spiro atoms. The van der Waals surface area contributed by atoms with Gasteiger partial charge in [-0.25, -0.2) is 0 Å². The van der Waals surface area contributed by atoms with Crippen molar-refractivity contribution in [2.45, 2.75) is 64.9 Å². The van der Waals surface area contributed by atoms with Crippen LogP contribution < -0.4 is 0 Å². The van der Waals surface area contributed by atoms with Crippen molar-refractivity contribution in [2.24, 2.45) is 11.8 Å². The van der Waals surface area contributed by atoms with Crippen molar-refractivity contribution in [3.8, 4) is 0 Å². The third-order valence-electron chi connectivity index (χ3n) is 3.49. The van der Waals surface area contributed by atoms with Crippen LogP contribution in [0.25, 0.3) is 0 Å². The SMILES string of the molecule is CC(CC[C@@H](C)O)C1CCCCC1. The van der Waals surface area contributed by atoms with Gasteiger partial charge in [0, 0.05) is 0 Å². The molecule has 1 saturated carbocycles. The number of hydrogen-bond acceptors (Lipinski definition) is 1. The average Bonchev–Trinajstić information content (AvgIpc) is 2.15. The molecular formula is C12H24O. The molecule has 1 N–H and O–H groups in total. The fourth-order valence-electron chi connectivity index (χ4n) is 2.44. The Morgan fingerprint density at radius 1 is 1.08 bits per heavy atom. The van der Waals surface area contributed by atoms with Crippen molar-refractivity contribution >= 4 is 0 Å². The lowest BCUT2D eigenvalue weighted by Gasteiger charge is -2.27. The third-order valence-corrected chi connectivity index (χ3v) is 3.49. The lowest BCUT2D eigenvalue weighted by molar-refractivity contribution is 0.159. The van der Waals surface area contributed by atoms with Crippen LogP contribution in [0, 0.1) is 11.8 Å². The molecule has 1 heteroatoms. The Labute approximate surface area is 82.5 Å². The van der Waals surface area contributed by atoms with E-state index < -0.39 is 0 Å². The molecule has 0 saturated heterocycles. The summed E-state index contributed by atoms with van der Waals surface area (Å²) >= 11 is 0. The van der Waals surface area contributed by atoms with Gasteiger partial charge < -0.3 is 5.11 Å². The molecule has 1 aliphatic carbocycles. The van der Waals surface area contributed by atoms with Crippen LogP contribution in [0.4, 0.5) is 0 Å². The van der Waals surface area contributed by atoms with Gasteiger partial charge in [0.1, 0.15) is 0 Å². The first-order chi connectivity index (χ1) is 6.20. The Hall–Kier alpha value is -0.0400. The van der Waals surface area contributed by atoms with Crippen LogP contribution in [-0.2, 0) is 0 Å². The third kappa shape index (κ3) is 4.12. The molecule has 0 aromatic carbocycles. The summed E-state index contributed by atoms with van der Waals surface area (Å²) in [7, 11) is 0. The van der Waals surface area contributed by atoms with Crippen LogP contribution in [0.15, 0.2) is 0 Å². The highest BCUT2D eigenvalue weighted by molar-refractivity contribution is 4.71. The maximum absolute atomic E-state index is 9.20. The molecule has 0 aliphatic heterocycles. The molecule has 1 fully saturated rings. The van der Waals surface area contributed by atoms with Gasteiger partial charge in [-0.15, -0.1) is 0 Å². The predicted octanol–water partition coefficient (Wildman–Crippen LogP) is 3.36. The van der Waals surface area contributed by atoms with Crippen LogP contribution in [0.2, 0.25) is 0 Å². The second-order valence-corrected chi connectivity index (χ2v) is 4.80. The van der Waals surface area contributed by atoms with Gasteiger partial charge in [-0.3, -0.25) is 0 Å². The zero-order chi connectivity index (χ0) is 9.68. The van der Waals surface area contributed by atoms with Crippen LogP contribution in [0.5, 0.6) is 0 Å². The second-order valence-electron chi connectivity index (χ2n) is 4.80. The summed E-state index contributed by atoms with van der Waals surface area (Å²) < 4.78 is 0. The first-order valence-corrected chi connectivity index (χ1v) is 5.88. The van der Waals surface area contributed by atoms with E-state index in [-0.39, 0.29) is 6.10 Å². The molecule has 0 heterocycles. The van der Waals surface area contributed by atoms with Crippen molar-refractivity contribution in [1.82, 2.24) is 0 Å². The van der Waals surface area contributed by atoms with Crippen molar-refractivity contribution in [3.05, 3.63) is 0 Å². The number of rotatable bonds is 4. The van der Waals surface area contributed by atoms with E-state index >= 15 is 0 Å². The van der Waals surface area contributed by atoms with E-state index in [1.807, 2.05) is 6.92 Å². The van der Waals surface area contributed by atoms with E-state index in [9.17, 15) is 5.11 Å². The van der Waals surface area contributed by atoms with Crippen LogP contribution >= 0.6 is 0 Å². The lowest BCUT2D eigenvalue weighted by Crippen LogP contribution is -2.16. The number of hydrogen-bond donors (Lipinski definition) is 1. The fourth-order valence-corrected chi connectivity index (χ4v) is 2.44. The van der Waals surface area contributed by atoms with Gasteiger partial charge in [-0.05, 0) is 31.6 Å². The topological polar surface area (TPSA) is 20.2 Å². The largest absolute Gasteiger partial charge is 0.393 e. The molecule has 0 aromatic heterocycles. The Bertz CT molecular complexity index is 125. The summed E-state index contributed by atoms with van der Waals surface area (Å²) in [4.78, 5) is 0. The maximum Gasteiger partial charge on any atom is 0.0512 e. The van der Waals surface area contributed by atoms with Gasteiger partial charge in [-0.2, -0.15) is 0 Å². The van der Waals surface area contributed by atoms with Crippen LogP contribution in [0.1, 0.15) is 58.8 Å². The van der Waals surface area contributed by atoms with Gasteiger partial charge in [0.25, 0.3) is 0 Å². The van der Waals surface area contributed by atoms with Crippen molar-refractivity contribution in [1.29, 1.82) is 0 Å². The first-order valence-electron chi connectivity index (χ1n) is 5.88. The highest BCUT2D eigenvalue weighted by Crippen LogP contribution is 2.32. The summed E-state index contributed by atoms with van der Waals surface area (Å²) in [6.07, 6.45) is 9.26. The highest BCUT2D eigenvalue weighted by Gasteiger charge is 2.19. The molecule has 1 nitrogen and oxygen atoms in total. The van der Waals surface area contributed by atoms with E-state index in [0.29, 0.717) is 0 Å². The molecule has 0 amide bonds. The molecule has 1 unspecified atom stereocenters. The molecular weight excluding hydrogens is 160 g/mol. The molecule has 13 heavy (non-hydrogen) atoms. The summed E-state index contributed by atoms with van der Waals surface area (Å²) in [6, 6.07) is 0. The minimum absolute atomic E-state index is 0.106. The first kappa shape index (κ1) is 11.0. The zero-order valence-corrected chi connectivity index (χ0v) is 9.13. The van der Waals surface area contributed by atoms with E-state index in [1.165, 1.54) is 38.5 Å². The van der Waals surface area contributed by atoms with Crippen molar-refractivity contribution < 1.29 is 5.11 Å². The number of aliphatic hydroxyl groups excluding tert-OH is 1. The molecule has 78 valence electrons. The molecule has 1 aliphatic rings. The van der Waals surface area contributed by atoms with E-state index in [1.54, 1.807) is 0 Å². The Kier molecular flexibility index (Phi) is 4.79. The minimum atomic E-state index is -0.106. The maximum atomic E-state index is 9.20. The summed E-state index contributed by atoms with van der Waals surface area (Å²) in [5.41, 5.74) is 0. The molecule has 0 bridgehead atoms. The van der Waals surface area contributed by atoms with Crippen LogP contribution in [0.3, 0.4) is 0 Å². The Morgan fingerprint density at radius 3 is 2.23 bits per heavy atom. The van der Waals surface area contributed by atoms with E-state index in [0.717, 1.165) is 18.3 Å². The molecule has 1 rings (SSSR count). The molecule has 0 radical (unpaired) electrons. The van der Waals surface area contributed by atoms with Gasteiger partial charge in [0.15, 0.2) is 0 Å². The quantitative estimate of drug-likeness (QED) is 0.710. The average molecular weight is 184 g/mol. The lowest BCUT2D eigenvalue weighted by atomic mass is 9.79. The van der Waals surface area contributed by atoms with Gasteiger partial charge in [0.05, 0.1) is 6.10 Å². The molecule has 0 aromatic rings. The fraction of sp³-hybridized carbons (Fsp3) is 1.00. The Morgan fingerprint density at radius 2 is 1.69 bits per heavy atom. The number of aliphatic hydroxyl groups is 1.